The lowest BCUT2D eigenvalue weighted by atomic mass is 9.97. The Kier molecular flexibility index (Phi) is 3.09. The fourth-order valence-electron chi connectivity index (χ4n) is 3.14. The van der Waals surface area contributed by atoms with E-state index in [-0.39, 0.29) is 0 Å². The molecule has 0 spiro atoms. The molecule has 0 N–H and O–H groups in total. The highest BCUT2D eigenvalue weighted by atomic mass is 15.3. The molecule has 1 aliphatic carbocycles. The first-order valence-electron chi connectivity index (χ1n) is 7.75. The fraction of sp³-hybridized carbons (Fsp3) is 0.600. The molecule has 0 amide bonds. The number of aryl methyl sites for hydroxylation is 1. The first-order chi connectivity index (χ1) is 10.3. The Morgan fingerprint density at radius 1 is 1.24 bits per heavy atom. The first kappa shape index (κ1) is 12.7. The van der Waals surface area contributed by atoms with Crippen molar-refractivity contribution in [1.29, 1.82) is 0 Å². The monoisotopic (exact) mass is 284 g/mol. The Labute approximate surface area is 124 Å². The molecular formula is C15H20N6. The summed E-state index contributed by atoms with van der Waals surface area (Å²) in [4.78, 5) is 11.3. The molecule has 0 unspecified atom stereocenters. The molecule has 3 heterocycles. The van der Waals surface area contributed by atoms with Crippen LogP contribution in [0.3, 0.4) is 0 Å². The molecular weight excluding hydrogens is 264 g/mol. The lowest BCUT2D eigenvalue weighted by Gasteiger charge is -2.32. The van der Waals surface area contributed by atoms with Gasteiger partial charge in [-0.25, -0.2) is 9.97 Å². The van der Waals surface area contributed by atoms with Crippen molar-refractivity contribution in [3.05, 3.63) is 30.1 Å². The molecule has 0 aromatic carbocycles. The second kappa shape index (κ2) is 5.09. The minimum Gasteiger partial charge on any atom is -0.340 e. The van der Waals surface area contributed by atoms with Crippen LogP contribution in [0.15, 0.2) is 18.6 Å². The van der Waals surface area contributed by atoms with E-state index >= 15 is 0 Å². The zero-order chi connectivity index (χ0) is 14.2. The molecule has 2 aliphatic rings. The molecule has 0 bridgehead atoms. The smallest absolute Gasteiger partial charge is 0.225 e. The zero-order valence-corrected chi connectivity index (χ0v) is 12.3. The number of hydrogen-bond donors (Lipinski definition) is 0. The van der Waals surface area contributed by atoms with Crippen LogP contribution in [0.25, 0.3) is 0 Å². The van der Waals surface area contributed by atoms with E-state index in [1.54, 1.807) is 0 Å². The summed E-state index contributed by atoms with van der Waals surface area (Å²) in [5.74, 6) is 2.43. The molecule has 6 heteroatoms. The molecule has 1 saturated heterocycles. The molecule has 1 atom stereocenters. The van der Waals surface area contributed by atoms with E-state index < -0.39 is 0 Å². The second-order valence-corrected chi connectivity index (χ2v) is 6.11. The van der Waals surface area contributed by atoms with Crippen molar-refractivity contribution in [1.82, 2.24) is 24.7 Å². The van der Waals surface area contributed by atoms with E-state index in [0.29, 0.717) is 12.0 Å². The third-order valence-corrected chi connectivity index (χ3v) is 4.39. The van der Waals surface area contributed by atoms with Gasteiger partial charge in [-0.1, -0.05) is 0 Å². The van der Waals surface area contributed by atoms with Crippen molar-refractivity contribution < 1.29 is 0 Å². The van der Waals surface area contributed by atoms with Gasteiger partial charge in [-0.05, 0) is 38.7 Å². The van der Waals surface area contributed by atoms with Crippen LogP contribution in [0.4, 0.5) is 5.95 Å². The van der Waals surface area contributed by atoms with Gasteiger partial charge in [0.2, 0.25) is 5.95 Å². The van der Waals surface area contributed by atoms with Gasteiger partial charge in [0.15, 0.2) is 0 Å². The summed E-state index contributed by atoms with van der Waals surface area (Å²) in [6, 6.07) is 2.58. The van der Waals surface area contributed by atoms with Gasteiger partial charge in [0, 0.05) is 36.9 Å². The Hall–Kier alpha value is -1.98. The molecule has 110 valence electrons. The van der Waals surface area contributed by atoms with E-state index in [1.807, 2.05) is 25.5 Å². The predicted octanol–water partition coefficient (Wildman–Crippen LogP) is 2.10. The van der Waals surface area contributed by atoms with Gasteiger partial charge in [-0.15, -0.1) is 10.2 Å². The van der Waals surface area contributed by atoms with E-state index in [9.17, 15) is 0 Å². The molecule has 1 saturated carbocycles. The van der Waals surface area contributed by atoms with Crippen LogP contribution in [0.1, 0.15) is 49.2 Å². The van der Waals surface area contributed by atoms with Crippen LogP contribution in [0.5, 0.6) is 0 Å². The SMILES string of the molecule is Cc1ccnc(N2CCC[C@H](c3nncn3C3CC3)C2)n1. The van der Waals surface area contributed by atoms with Gasteiger partial charge in [-0.2, -0.15) is 0 Å². The van der Waals surface area contributed by atoms with Crippen LogP contribution in [-0.2, 0) is 0 Å². The molecule has 1 aliphatic heterocycles. The molecule has 2 aromatic rings. The molecule has 4 rings (SSSR count). The average molecular weight is 284 g/mol. The second-order valence-electron chi connectivity index (χ2n) is 6.11. The number of nitrogens with zero attached hydrogens (tertiary/aromatic N) is 6. The Bertz CT molecular complexity index is 633. The van der Waals surface area contributed by atoms with Gasteiger partial charge in [0.25, 0.3) is 0 Å². The third kappa shape index (κ3) is 2.50. The van der Waals surface area contributed by atoms with Gasteiger partial charge in [0.05, 0.1) is 0 Å². The maximum atomic E-state index is 4.55. The van der Waals surface area contributed by atoms with Crippen molar-refractivity contribution in [3.63, 3.8) is 0 Å². The predicted molar refractivity (Wildman–Crippen MR) is 79.3 cm³/mol. The van der Waals surface area contributed by atoms with Gasteiger partial charge in [-0.3, -0.25) is 0 Å². The van der Waals surface area contributed by atoms with E-state index in [0.717, 1.165) is 37.0 Å². The van der Waals surface area contributed by atoms with Gasteiger partial charge in [0.1, 0.15) is 12.2 Å². The van der Waals surface area contributed by atoms with Crippen LogP contribution in [0, 0.1) is 6.92 Å². The van der Waals surface area contributed by atoms with Crippen LogP contribution >= 0.6 is 0 Å². The quantitative estimate of drug-likeness (QED) is 0.863. The normalized spacial score (nSPS) is 22.5. The Balaban J connectivity index is 1.56. The van der Waals surface area contributed by atoms with Crippen LogP contribution < -0.4 is 4.90 Å². The summed E-state index contributed by atoms with van der Waals surface area (Å²) >= 11 is 0. The van der Waals surface area contributed by atoms with Gasteiger partial charge < -0.3 is 9.47 Å². The molecule has 2 aromatic heterocycles. The maximum Gasteiger partial charge on any atom is 0.225 e. The maximum absolute atomic E-state index is 4.55. The minimum absolute atomic E-state index is 0.436. The highest BCUT2D eigenvalue weighted by molar-refractivity contribution is 5.32. The first-order valence-corrected chi connectivity index (χ1v) is 7.75. The molecule has 21 heavy (non-hydrogen) atoms. The highest BCUT2D eigenvalue weighted by Crippen LogP contribution is 2.38. The summed E-state index contributed by atoms with van der Waals surface area (Å²) in [5.41, 5.74) is 1.02. The Morgan fingerprint density at radius 2 is 2.14 bits per heavy atom. The van der Waals surface area contributed by atoms with Crippen LogP contribution in [-0.4, -0.2) is 37.8 Å². The van der Waals surface area contributed by atoms with Gasteiger partial charge >= 0.3 is 0 Å². The van der Waals surface area contributed by atoms with E-state index in [1.165, 1.54) is 19.3 Å². The summed E-state index contributed by atoms with van der Waals surface area (Å²) < 4.78 is 2.28. The summed E-state index contributed by atoms with van der Waals surface area (Å²) in [6.45, 7) is 3.97. The average Bonchev–Trinajstić information content (AvgIpc) is 3.24. The Morgan fingerprint density at radius 3 is 2.95 bits per heavy atom. The number of aromatic nitrogens is 5. The number of rotatable bonds is 3. The summed E-state index contributed by atoms with van der Waals surface area (Å²) in [5, 5.41) is 8.53. The van der Waals surface area contributed by atoms with Crippen molar-refractivity contribution >= 4 is 5.95 Å². The molecule has 6 nitrogen and oxygen atoms in total. The largest absolute Gasteiger partial charge is 0.340 e. The third-order valence-electron chi connectivity index (χ3n) is 4.39. The molecule has 2 fully saturated rings. The van der Waals surface area contributed by atoms with Crippen molar-refractivity contribution in [2.45, 2.75) is 44.6 Å². The number of hydrogen-bond acceptors (Lipinski definition) is 5. The zero-order valence-electron chi connectivity index (χ0n) is 12.3. The van der Waals surface area contributed by atoms with E-state index in [4.69, 9.17) is 0 Å². The lowest BCUT2D eigenvalue weighted by Crippen LogP contribution is -2.36. The van der Waals surface area contributed by atoms with Crippen LogP contribution in [0.2, 0.25) is 0 Å². The summed E-state index contributed by atoms with van der Waals surface area (Å²) in [6.07, 6.45) is 8.60. The fourth-order valence-corrected chi connectivity index (χ4v) is 3.14. The summed E-state index contributed by atoms with van der Waals surface area (Å²) in [7, 11) is 0. The van der Waals surface area contributed by atoms with E-state index in [2.05, 4.69) is 29.6 Å². The van der Waals surface area contributed by atoms with Crippen molar-refractivity contribution in [2.75, 3.05) is 18.0 Å². The molecule has 0 radical (unpaired) electrons. The number of piperidine rings is 1. The lowest BCUT2D eigenvalue weighted by molar-refractivity contribution is 0.466. The number of anilines is 1. The van der Waals surface area contributed by atoms with Crippen molar-refractivity contribution in [3.8, 4) is 0 Å². The minimum atomic E-state index is 0.436. The highest BCUT2D eigenvalue weighted by Gasteiger charge is 2.31. The van der Waals surface area contributed by atoms with Crippen molar-refractivity contribution in [2.24, 2.45) is 0 Å². The standard InChI is InChI=1S/C15H20N6/c1-11-6-7-16-15(18-11)20-8-2-3-12(9-20)14-19-17-10-21(14)13-4-5-13/h6-7,10,12-13H,2-5,8-9H2,1H3/t12-/m0/s1. The topological polar surface area (TPSA) is 59.7 Å².